The fourth-order valence-electron chi connectivity index (χ4n) is 3.20. The van der Waals surface area contributed by atoms with Crippen LogP contribution in [0.25, 0.3) is 0 Å². The Morgan fingerprint density at radius 3 is 2.77 bits per heavy atom. The summed E-state index contributed by atoms with van der Waals surface area (Å²) in [6.07, 6.45) is 1.05. The van der Waals surface area contributed by atoms with Crippen molar-refractivity contribution in [1.29, 1.82) is 0 Å². The maximum atomic E-state index is 12.2. The van der Waals surface area contributed by atoms with Gasteiger partial charge in [0.05, 0.1) is 19.8 Å². The lowest BCUT2D eigenvalue weighted by Crippen LogP contribution is -2.52. The standard InChI is InChI=1S/C16H24N2O4/c1-12-2-3-15(22-12)16(19)17-10-14(13-4-7-21-11-13)18-5-8-20-9-6-18/h2-3,13-14H,4-11H2,1H3,(H,17,19)/t13-,14-/m0/s1. The lowest BCUT2D eigenvalue weighted by atomic mass is 9.97. The highest BCUT2D eigenvalue weighted by molar-refractivity contribution is 5.91. The highest BCUT2D eigenvalue weighted by Gasteiger charge is 2.31. The third-order valence-corrected chi connectivity index (χ3v) is 4.46. The third kappa shape index (κ3) is 3.69. The number of amides is 1. The second-order valence-corrected chi connectivity index (χ2v) is 5.96. The Balaban J connectivity index is 1.60. The zero-order valence-electron chi connectivity index (χ0n) is 13.0. The second kappa shape index (κ2) is 7.26. The predicted molar refractivity (Wildman–Crippen MR) is 80.9 cm³/mol. The first-order valence-electron chi connectivity index (χ1n) is 7.98. The minimum absolute atomic E-state index is 0.148. The second-order valence-electron chi connectivity index (χ2n) is 5.96. The largest absolute Gasteiger partial charge is 0.456 e. The number of rotatable bonds is 5. The SMILES string of the molecule is Cc1ccc(C(=O)NC[C@@H]([C@H]2CCOC2)N2CCOCC2)o1. The molecular formula is C16H24N2O4. The van der Waals surface area contributed by atoms with Gasteiger partial charge in [-0.25, -0.2) is 0 Å². The smallest absolute Gasteiger partial charge is 0.287 e. The number of nitrogens with zero attached hydrogens (tertiary/aromatic N) is 1. The van der Waals surface area contributed by atoms with Gasteiger partial charge in [0.15, 0.2) is 5.76 Å². The van der Waals surface area contributed by atoms with E-state index in [0.717, 1.165) is 51.7 Å². The van der Waals surface area contributed by atoms with Crippen molar-refractivity contribution in [1.82, 2.24) is 10.2 Å². The highest BCUT2D eigenvalue weighted by atomic mass is 16.5. The van der Waals surface area contributed by atoms with Gasteiger partial charge in [-0.3, -0.25) is 9.69 Å². The average Bonchev–Trinajstić information content (AvgIpc) is 3.20. The molecule has 6 heteroatoms. The van der Waals surface area contributed by atoms with E-state index in [9.17, 15) is 4.79 Å². The summed E-state index contributed by atoms with van der Waals surface area (Å²) in [7, 11) is 0. The molecule has 3 heterocycles. The molecule has 2 saturated heterocycles. The molecule has 1 aromatic rings. The van der Waals surface area contributed by atoms with E-state index in [-0.39, 0.29) is 5.91 Å². The lowest BCUT2D eigenvalue weighted by Gasteiger charge is -2.37. The number of hydrogen-bond acceptors (Lipinski definition) is 5. The van der Waals surface area contributed by atoms with Gasteiger partial charge in [0.1, 0.15) is 5.76 Å². The number of carbonyl (C=O) groups excluding carboxylic acids is 1. The summed E-state index contributed by atoms with van der Waals surface area (Å²) >= 11 is 0. The van der Waals surface area contributed by atoms with Crippen LogP contribution >= 0.6 is 0 Å². The predicted octanol–water partition coefficient (Wildman–Crippen LogP) is 1.06. The molecule has 2 fully saturated rings. The van der Waals surface area contributed by atoms with Crippen LogP contribution < -0.4 is 5.32 Å². The molecule has 2 aliphatic heterocycles. The van der Waals surface area contributed by atoms with Crippen molar-refractivity contribution in [3.8, 4) is 0 Å². The lowest BCUT2D eigenvalue weighted by molar-refractivity contribution is 0.00160. The van der Waals surface area contributed by atoms with Crippen LogP contribution in [0.15, 0.2) is 16.5 Å². The first kappa shape index (κ1) is 15.5. The molecule has 0 bridgehead atoms. The maximum Gasteiger partial charge on any atom is 0.287 e. The summed E-state index contributed by atoms with van der Waals surface area (Å²) in [4.78, 5) is 14.6. The van der Waals surface area contributed by atoms with Crippen molar-refractivity contribution in [2.45, 2.75) is 19.4 Å². The monoisotopic (exact) mass is 308 g/mol. The van der Waals surface area contributed by atoms with Crippen molar-refractivity contribution in [2.75, 3.05) is 46.1 Å². The number of morpholine rings is 1. The van der Waals surface area contributed by atoms with Gasteiger partial charge in [-0.2, -0.15) is 0 Å². The van der Waals surface area contributed by atoms with E-state index < -0.39 is 0 Å². The molecule has 1 aromatic heterocycles. The summed E-state index contributed by atoms with van der Waals surface area (Å²) in [6, 6.07) is 3.82. The molecule has 0 spiro atoms. The Morgan fingerprint density at radius 2 is 2.14 bits per heavy atom. The van der Waals surface area contributed by atoms with E-state index in [2.05, 4.69) is 10.2 Å². The van der Waals surface area contributed by atoms with Crippen LogP contribution in [-0.2, 0) is 9.47 Å². The molecule has 0 aromatic carbocycles. The number of aryl methyl sites for hydroxylation is 1. The number of carbonyl (C=O) groups is 1. The summed E-state index contributed by atoms with van der Waals surface area (Å²) in [5.41, 5.74) is 0. The van der Waals surface area contributed by atoms with Gasteiger partial charge in [0.2, 0.25) is 0 Å². The summed E-state index contributed by atoms with van der Waals surface area (Å²) in [6.45, 7) is 7.39. The number of nitrogens with one attached hydrogen (secondary N) is 1. The molecule has 6 nitrogen and oxygen atoms in total. The van der Waals surface area contributed by atoms with E-state index in [4.69, 9.17) is 13.9 Å². The number of hydrogen-bond donors (Lipinski definition) is 1. The summed E-state index contributed by atoms with van der Waals surface area (Å²) in [5, 5.41) is 3.02. The van der Waals surface area contributed by atoms with Crippen LogP contribution in [0.3, 0.4) is 0 Å². The topological polar surface area (TPSA) is 63.9 Å². The molecule has 1 amide bonds. The number of furan rings is 1. The molecule has 3 rings (SSSR count). The molecule has 0 aliphatic carbocycles. The normalized spacial score (nSPS) is 24.3. The number of ether oxygens (including phenoxy) is 2. The Kier molecular flexibility index (Phi) is 5.12. The first-order valence-corrected chi connectivity index (χ1v) is 7.98. The zero-order valence-corrected chi connectivity index (χ0v) is 13.0. The Bertz CT molecular complexity index is 490. The van der Waals surface area contributed by atoms with Crippen LogP contribution in [0.1, 0.15) is 22.7 Å². The van der Waals surface area contributed by atoms with Crippen LogP contribution in [0.4, 0.5) is 0 Å². The van der Waals surface area contributed by atoms with Crippen molar-refractivity contribution < 1.29 is 18.7 Å². The third-order valence-electron chi connectivity index (χ3n) is 4.46. The molecule has 0 saturated carbocycles. The van der Waals surface area contributed by atoms with Gasteiger partial charge >= 0.3 is 0 Å². The van der Waals surface area contributed by atoms with E-state index >= 15 is 0 Å². The van der Waals surface area contributed by atoms with E-state index in [1.54, 1.807) is 12.1 Å². The summed E-state index contributed by atoms with van der Waals surface area (Å²) in [5.74, 6) is 1.45. The van der Waals surface area contributed by atoms with Crippen LogP contribution in [-0.4, -0.2) is 62.9 Å². The van der Waals surface area contributed by atoms with Gasteiger partial charge in [-0.05, 0) is 25.5 Å². The molecule has 0 radical (unpaired) electrons. The van der Waals surface area contributed by atoms with Crippen molar-refractivity contribution in [3.63, 3.8) is 0 Å². The Morgan fingerprint density at radius 1 is 1.32 bits per heavy atom. The van der Waals surface area contributed by atoms with E-state index in [0.29, 0.717) is 24.3 Å². The van der Waals surface area contributed by atoms with Gasteiger partial charge in [-0.1, -0.05) is 0 Å². The van der Waals surface area contributed by atoms with Gasteiger partial charge in [0, 0.05) is 38.2 Å². The highest BCUT2D eigenvalue weighted by Crippen LogP contribution is 2.22. The van der Waals surface area contributed by atoms with E-state index in [1.165, 1.54) is 0 Å². The zero-order chi connectivity index (χ0) is 15.4. The average molecular weight is 308 g/mol. The fourth-order valence-corrected chi connectivity index (χ4v) is 3.20. The molecular weight excluding hydrogens is 284 g/mol. The minimum atomic E-state index is -0.148. The maximum absolute atomic E-state index is 12.2. The quantitative estimate of drug-likeness (QED) is 0.881. The Hall–Kier alpha value is -1.37. The first-order chi connectivity index (χ1) is 10.7. The Labute approximate surface area is 130 Å². The minimum Gasteiger partial charge on any atom is -0.456 e. The van der Waals surface area contributed by atoms with Gasteiger partial charge in [0.25, 0.3) is 5.91 Å². The summed E-state index contributed by atoms with van der Waals surface area (Å²) < 4.78 is 16.3. The molecule has 1 N–H and O–H groups in total. The van der Waals surface area contributed by atoms with Crippen LogP contribution in [0, 0.1) is 12.8 Å². The van der Waals surface area contributed by atoms with Gasteiger partial charge < -0.3 is 19.2 Å². The van der Waals surface area contributed by atoms with Gasteiger partial charge in [-0.15, -0.1) is 0 Å². The van der Waals surface area contributed by atoms with Crippen molar-refractivity contribution in [3.05, 3.63) is 23.7 Å². The van der Waals surface area contributed by atoms with Crippen molar-refractivity contribution >= 4 is 5.91 Å². The molecule has 22 heavy (non-hydrogen) atoms. The van der Waals surface area contributed by atoms with Crippen LogP contribution in [0.5, 0.6) is 0 Å². The fraction of sp³-hybridized carbons (Fsp3) is 0.688. The van der Waals surface area contributed by atoms with Crippen molar-refractivity contribution in [2.24, 2.45) is 5.92 Å². The molecule has 122 valence electrons. The molecule has 2 aliphatic rings. The molecule has 0 unspecified atom stereocenters. The van der Waals surface area contributed by atoms with Crippen LogP contribution in [0.2, 0.25) is 0 Å². The molecule has 2 atom stereocenters. The van der Waals surface area contributed by atoms with E-state index in [1.807, 2.05) is 6.92 Å².